The summed E-state index contributed by atoms with van der Waals surface area (Å²) in [5.41, 5.74) is 2.23. The van der Waals surface area contributed by atoms with E-state index in [0.717, 1.165) is 10.5 Å². The fraction of sp³-hybridized carbons (Fsp3) is 0.0909. The Morgan fingerprint density at radius 2 is 1.80 bits per heavy atom. The van der Waals surface area contributed by atoms with Gasteiger partial charge in [0.2, 0.25) is 0 Å². The van der Waals surface area contributed by atoms with Gasteiger partial charge in [0.15, 0.2) is 0 Å². The number of aryl methyl sites for hydroxylation is 1. The maximum Gasteiger partial charge on any atom is 0.278 e. The molecule has 0 aliphatic carbocycles. The van der Waals surface area contributed by atoms with Crippen molar-refractivity contribution in [1.29, 1.82) is 0 Å². The van der Waals surface area contributed by atoms with Gasteiger partial charge in [-0.25, -0.2) is 0 Å². The quantitative estimate of drug-likeness (QED) is 0.380. The Kier molecular flexibility index (Phi) is 4.89. The monoisotopic (exact) mass is 403 g/mol. The third-order valence-electron chi connectivity index (χ3n) is 4.72. The van der Waals surface area contributed by atoms with Crippen molar-refractivity contribution in [3.8, 4) is 0 Å². The summed E-state index contributed by atoms with van der Waals surface area (Å²) in [4.78, 5) is 37.8. The van der Waals surface area contributed by atoms with Crippen LogP contribution in [0.3, 0.4) is 0 Å². The molecular weight excluding hydrogens is 386 g/mol. The molecule has 0 fully saturated rings. The number of non-ortho nitro benzene ring substituents is 1. The molecule has 1 aromatic heterocycles. The van der Waals surface area contributed by atoms with Gasteiger partial charge in [-0.2, -0.15) is 0 Å². The molecule has 2 heterocycles. The van der Waals surface area contributed by atoms with Crippen molar-refractivity contribution in [3.05, 3.63) is 99.6 Å². The van der Waals surface area contributed by atoms with E-state index in [0.29, 0.717) is 17.0 Å². The Labute approximate surface area is 171 Å². The first-order valence-corrected chi connectivity index (χ1v) is 9.15. The van der Waals surface area contributed by atoms with Crippen molar-refractivity contribution in [1.82, 2.24) is 4.90 Å². The molecule has 30 heavy (non-hydrogen) atoms. The number of furan rings is 1. The predicted molar refractivity (Wildman–Crippen MR) is 109 cm³/mol. The highest BCUT2D eigenvalue weighted by Gasteiger charge is 2.39. The fourth-order valence-electron chi connectivity index (χ4n) is 3.28. The van der Waals surface area contributed by atoms with Crippen molar-refractivity contribution < 1.29 is 18.9 Å². The number of carbonyl (C=O) groups is 2. The van der Waals surface area contributed by atoms with Crippen molar-refractivity contribution in [2.24, 2.45) is 0 Å². The van der Waals surface area contributed by atoms with E-state index in [1.54, 1.807) is 18.2 Å². The molecule has 0 saturated heterocycles. The number of imide groups is 1. The number of nitrogens with one attached hydrogen (secondary N) is 1. The number of nitrogens with zero attached hydrogens (tertiary/aromatic N) is 2. The van der Waals surface area contributed by atoms with Gasteiger partial charge in [-0.15, -0.1) is 0 Å². The average molecular weight is 403 g/mol. The molecule has 1 aliphatic rings. The van der Waals surface area contributed by atoms with Crippen LogP contribution in [0.2, 0.25) is 0 Å². The van der Waals surface area contributed by atoms with Gasteiger partial charge < -0.3 is 9.73 Å². The highest BCUT2D eigenvalue weighted by molar-refractivity contribution is 6.36. The number of amides is 2. The smallest absolute Gasteiger partial charge is 0.278 e. The number of benzene rings is 2. The summed E-state index contributed by atoms with van der Waals surface area (Å²) in [6, 6.07) is 16.3. The minimum atomic E-state index is -0.519. The fourth-order valence-corrected chi connectivity index (χ4v) is 3.28. The first-order chi connectivity index (χ1) is 14.4. The Bertz CT molecular complexity index is 1160. The SMILES string of the molecule is Cc1cccc(NC2=C(c3ccc([N+](=O)[O-])cc3)C(=O)N(Cc3ccco3)C2=O)c1. The van der Waals surface area contributed by atoms with Crippen LogP contribution in [0.25, 0.3) is 5.57 Å². The Morgan fingerprint density at radius 1 is 1.03 bits per heavy atom. The first kappa shape index (κ1) is 19.1. The van der Waals surface area contributed by atoms with E-state index in [9.17, 15) is 19.7 Å². The second kappa shape index (κ2) is 7.67. The standard InChI is InChI=1S/C22H17N3O5/c1-14-4-2-5-16(12-14)23-20-19(15-7-9-17(10-8-15)25(28)29)21(26)24(22(20)27)13-18-6-3-11-30-18/h2-12,23H,13H2,1H3. The lowest BCUT2D eigenvalue weighted by atomic mass is 10.0. The van der Waals surface area contributed by atoms with E-state index < -0.39 is 16.7 Å². The molecule has 1 N–H and O–H groups in total. The van der Waals surface area contributed by atoms with E-state index in [1.807, 2.05) is 25.1 Å². The Morgan fingerprint density at radius 3 is 2.43 bits per heavy atom. The molecule has 0 radical (unpaired) electrons. The number of hydrogen-bond donors (Lipinski definition) is 1. The van der Waals surface area contributed by atoms with Gasteiger partial charge in [0.05, 0.1) is 23.3 Å². The largest absolute Gasteiger partial charge is 0.467 e. The third-order valence-corrected chi connectivity index (χ3v) is 4.72. The number of carbonyl (C=O) groups excluding carboxylic acids is 2. The molecule has 0 unspecified atom stereocenters. The van der Waals surface area contributed by atoms with E-state index in [-0.39, 0.29) is 23.5 Å². The zero-order valence-electron chi connectivity index (χ0n) is 16.0. The lowest BCUT2D eigenvalue weighted by Gasteiger charge is -2.13. The summed E-state index contributed by atoms with van der Waals surface area (Å²) in [5, 5.41) is 14.0. The number of nitro groups is 1. The lowest BCUT2D eigenvalue weighted by Crippen LogP contribution is -2.31. The number of anilines is 1. The number of hydrogen-bond acceptors (Lipinski definition) is 6. The predicted octanol–water partition coefficient (Wildman–Crippen LogP) is 3.89. The second-order valence-corrected chi connectivity index (χ2v) is 6.82. The first-order valence-electron chi connectivity index (χ1n) is 9.15. The summed E-state index contributed by atoms with van der Waals surface area (Å²) in [5.74, 6) is -0.525. The van der Waals surface area contributed by atoms with Crippen molar-refractivity contribution in [3.63, 3.8) is 0 Å². The van der Waals surface area contributed by atoms with Crippen LogP contribution in [-0.2, 0) is 16.1 Å². The normalized spacial score (nSPS) is 13.8. The van der Waals surface area contributed by atoms with Gasteiger partial charge in [0.25, 0.3) is 17.5 Å². The molecule has 3 aromatic rings. The summed E-state index contributed by atoms with van der Waals surface area (Å²) in [7, 11) is 0. The van der Waals surface area contributed by atoms with Crippen LogP contribution in [0.5, 0.6) is 0 Å². The van der Waals surface area contributed by atoms with E-state index >= 15 is 0 Å². The van der Waals surface area contributed by atoms with Crippen LogP contribution < -0.4 is 5.32 Å². The molecule has 1 aliphatic heterocycles. The van der Waals surface area contributed by atoms with Crippen LogP contribution in [0.15, 0.2) is 77.0 Å². The summed E-state index contributed by atoms with van der Waals surface area (Å²) in [6.07, 6.45) is 1.47. The summed E-state index contributed by atoms with van der Waals surface area (Å²) >= 11 is 0. The number of rotatable bonds is 6. The molecule has 0 atom stereocenters. The Hall–Kier alpha value is -4.20. The van der Waals surface area contributed by atoms with Gasteiger partial charge in [-0.1, -0.05) is 12.1 Å². The summed E-state index contributed by atoms with van der Waals surface area (Å²) < 4.78 is 5.28. The maximum atomic E-state index is 13.2. The van der Waals surface area contributed by atoms with Crippen LogP contribution in [0.1, 0.15) is 16.9 Å². The van der Waals surface area contributed by atoms with Crippen LogP contribution >= 0.6 is 0 Å². The van der Waals surface area contributed by atoms with Crippen LogP contribution in [-0.4, -0.2) is 21.6 Å². The van der Waals surface area contributed by atoms with E-state index in [4.69, 9.17) is 4.42 Å². The molecule has 8 nitrogen and oxygen atoms in total. The molecular formula is C22H17N3O5. The number of nitro benzene ring substituents is 1. The molecule has 150 valence electrons. The van der Waals surface area contributed by atoms with Crippen LogP contribution in [0.4, 0.5) is 11.4 Å². The van der Waals surface area contributed by atoms with Crippen molar-refractivity contribution >= 4 is 28.8 Å². The lowest BCUT2D eigenvalue weighted by molar-refractivity contribution is -0.384. The molecule has 2 aromatic carbocycles. The van der Waals surface area contributed by atoms with Gasteiger partial charge >= 0.3 is 0 Å². The molecule has 8 heteroatoms. The van der Waals surface area contributed by atoms with E-state index in [1.165, 1.54) is 30.5 Å². The molecule has 0 spiro atoms. The molecule has 0 saturated carbocycles. The summed E-state index contributed by atoms with van der Waals surface area (Å²) in [6.45, 7) is 1.90. The van der Waals surface area contributed by atoms with Gasteiger partial charge in [-0.05, 0) is 54.4 Å². The molecule has 2 amide bonds. The van der Waals surface area contributed by atoms with E-state index in [2.05, 4.69) is 5.32 Å². The van der Waals surface area contributed by atoms with Gasteiger partial charge in [0, 0.05) is 17.8 Å². The highest BCUT2D eigenvalue weighted by Crippen LogP contribution is 2.32. The Balaban J connectivity index is 1.76. The van der Waals surface area contributed by atoms with Crippen LogP contribution in [0, 0.1) is 17.0 Å². The highest BCUT2D eigenvalue weighted by atomic mass is 16.6. The second-order valence-electron chi connectivity index (χ2n) is 6.82. The maximum absolute atomic E-state index is 13.2. The zero-order valence-corrected chi connectivity index (χ0v) is 16.0. The third kappa shape index (κ3) is 3.58. The molecule has 4 rings (SSSR count). The van der Waals surface area contributed by atoms with Gasteiger partial charge in [0.1, 0.15) is 11.5 Å². The minimum absolute atomic E-state index is 0.0137. The topological polar surface area (TPSA) is 106 Å². The average Bonchev–Trinajstić information content (AvgIpc) is 3.31. The zero-order chi connectivity index (χ0) is 21.3. The molecule has 0 bridgehead atoms. The minimum Gasteiger partial charge on any atom is -0.467 e. The van der Waals surface area contributed by atoms with Crippen molar-refractivity contribution in [2.45, 2.75) is 13.5 Å². The van der Waals surface area contributed by atoms with Gasteiger partial charge in [-0.3, -0.25) is 24.6 Å². The van der Waals surface area contributed by atoms with Crippen molar-refractivity contribution in [2.75, 3.05) is 5.32 Å².